The Balaban J connectivity index is 0.00000364. The first-order valence-electron chi connectivity index (χ1n) is 9.10. The van der Waals surface area contributed by atoms with E-state index in [-0.39, 0.29) is 24.4 Å². The van der Waals surface area contributed by atoms with Crippen LogP contribution in [0.3, 0.4) is 0 Å². The summed E-state index contributed by atoms with van der Waals surface area (Å²) in [5.74, 6) is 0.585. The number of hydrogen-bond donors (Lipinski definition) is 1. The van der Waals surface area contributed by atoms with Crippen LogP contribution in [0.25, 0.3) is 0 Å². The number of carbonyl (C=O) groups is 1. The van der Waals surface area contributed by atoms with Crippen LogP contribution in [0.15, 0.2) is 48.5 Å². The van der Waals surface area contributed by atoms with Gasteiger partial charge in [-0.25, -0.2) is 0 Å². The number of amides is 1. The molecule has 0 spiro atoms. The summed E-state index contributed by atoms with van der Waals surface area (Å²) in [7, 11) is 0. The lowest BCUT2D eigenvalue weighted by atomic mass is 10.0. The van der Waals surface area contributed by atoms with Gasteiger partial charge in [-0.15, -0.1) is 12.4 Å². The number of hydrogen-bond acceptors (Lipinski definition) is 3. The molecule has 0 aliphatic rings. The Hall–Kier alpha value is -1.75. The molecule has 0 aromatic heterocycles. The van der Waals surface area contributed by atoms with Crippen LogP contribution in [0.1, 0.15) is 42.7 Å². The number of likely N-dealkylation sites (N-methyl/N-ethyl adjacent to an activating group) is 1. The maximum atomic E-state index is 12.6. The van der Waals surface area contributed by atoms with Gasteiger partial charge in [-0.05, 0) is 49.8 Å². The molecule has 0 bridgehead atoms. The van der Waals surface area contributed by atoms with E-state index >= 15 is 0 Å². The highest BCUT2D eigenvalue weighted by atomic mass is 35.5. The third kappa shape index (κ3) is 6.42. The minimum absolute atomic E-state index is 0. The van der Waals surface area contributed by atoms with Crippen LogP contribution in [0.4, 0.5) is 0 Å². The minimum Gasteiger partial charge on any atom is -0.494 e. The molecule has 0 heterocycles. The Morgan fingerprint density at radius 1 is 1.11 bits per heavy atom. The van der Waals surface area contributed by atoms with Crippen molar-refractivity contribution >= 4 is 29.9 Å². The molecular weight excluding hydrogens is 383 g/mol. The molecule has 27 heavy (non-hydrogen) atoms. The van der Waals surface area contributed by atoms with Crippen LogP contribution < -0.4 is 10.1 Å². The van der Waals surface area contributed by atoms with E-state index in [1.807, 2.05) is 43.3 Å². The molecule has 6 heteroatoms. The Morgan fingerprint density at radius 3 is 2.44 bits per heavy atom. The van der Waals surface area contributed by atoms with Gasteiger partial charge in [0, 0.05) is 17.1 Å². The quantitative estimate of drug-likeness (QED) is 0.633. The summed E-state index contributed by atoms with van der Waals surface area (Å²) in [5, 5.41) is 3.77. The molecule has 1 amide bonds. The second kappa shape index (κ2) is 11.9. The second-order valence-electron chi connectivity index (χ2n) is 5.93. The number of halogens is 2. The van der Waals surface area contributed by atoms with Crippen LogP contribution in [0.2, 0.25) is 5.02 Å². The molecule has 2 aromatic carbocycles. The lowest BCUT2D eigenvalue weighted by Crippen LogP contribution is -2.38. The fourth-order valence-electron chi connectivity index (χ4n) is 3.03. The van der Waals surface area contributed by atoms with Gasteiger partial charge in [-0.1, -0.05) is 49.7 Å². The van der Waals surface area contributed by atoms with Crippen LogP contribution in [-0.4, -0.2) is 37.0 Å². The standard InChI is InChI=1S/C21H27ClN2O2.ClH/c1-4-24(5-2)20(18-12-7-8-13-19(18)22)15-23-21(25)16-10-9-11-17(14-16)26-6-3;/h7-14,20H,4-6,15H2,1-3H3,(H,23,25);1H. The van der Waals surface area contributed by atoms with Crippen molar-refractivity contribution in [3.8, 4) is 5.75 Å². The molecule has 0 fully saturated rings. The lowest BCUT2D eigenvalue weighted by molar-refractivity contribution is 0.0934. The number of nitrogens with one attached hydrogen (secondary N) is 1. The SMILES string of the molecule is CCOc1cccc(C(=O)NCC(c2ccccc2Cl)N(CC)CC)c1.Cl. The van der Waals surface area contributed by atoms with Gasteiger partial charge in [0.1, 0.15) is 5.75 Å². The first kappa shape index (κ1) is 23.3. The maximum absolute atomic E-state index is 12.6. The number of rotatable bonds is 9. The van der Waals surface area contributed by atoms with Gasteiger partial charge in [0.2, 0.25) is 0 Å². The van der Waals surface area contributed by atoms with Gasteiger partial charge in [0.15, 0.2) is 0 Å². The predicted molar refractivity (Wildman–Crippen MR) is 114 cm³/mol. The van der Waals surface area contributed by atoms with E-state index in [1.54, 1.807) is 12.1 Å². The highest BCUT2D eigenvalue weighted by Gasteiger charge is 2.21. The summed E-state index contributed by atoms with van der Waals surface area (Å²) in [4.78, 5) is 14.9. The maximum Gasteiger partial charge on any atom is 0.251 e. The molecule has 2 aromatic rings. The Kier molecular flexibility index (Phi) is 10.2. The predicted octanol–water partition coefficient (Wildman–Crippen LogP) is 4.97. The molecule has 1 atom stereocenters. The first-order valence-corrected chi connectivity index (χ1v) is 9.48. The molecule has 1 unspecified atom stereocenters. The Bertz CT molecular complexity index is 721. The average Bonchev–Trinajstić information content (AvgIpc) is 2.66. The fourth-order valence-corrected chi connectivity index (χ4v) is 3.29. The monoisotopic (exact) mass is 410 g/mol. The first-order chi connectivity index (χ1) is 12.6. The van der Waals surface area contributed by atoms with Gasteiger partial charge in [-0.2, -0.15) is 0 Å². The average molecular weight is 411 g/mol. The summed E-state index contributed by atoms with van der Waals surface area (Å²) in [6.07, 6.45) is 0. The van der Waals surface area contributed by atoms with Crippen molar-refractivity contribution in [2.45, 2.75) is 26.8 Å². The van der Waals surface area contributed by atoms with Crippen molar-refractivity contribution in [1.82, 2.24) is 10.2 Å². The van der Waals surface area contributed by atoms with Crippen molar-refractivity contribution < 1.29 is 9.53 Å². The number of benzene rings is 2. The molecule has 0 radical (unpaired) electrons. The molecule has 148 valence electrons. The van der Waals surface area contributed by atoms with Crippen LogP contribution in [0, 0.1) is 0 Å². The van der Waals surface area contributed by atoms with Crippen molar-refractivity contribution in [3.63, 3.8) is 0 Å². The summed E-state index contributed by atoms with van der Waals surface area (Å²) < 4.78 is 5.47. The highest BCUT2D eigenvalue weighted by Crippen LogP contribution is 2.27. The Labute approximate surface area is 173 Å². The van der Waals surface area contributed by atoms with E-state index in [1.165, 1.54) is 0 Å². The summed E-state index contributed by atoms with van der Waals surface area (Å²) in [6.45, 7) is 8.96. The van der Waals surface area contributed by atoms with Crippen LogP contribution in [-0.2, 0) is 0 Å². The topological polar surface area (TPSA) is 41.6 Å². The molecule has 0 aliphatic heterocycles. The summed E-state index contributed by atoms with van der Waals surface area (Å²) >= 11 is 6.41. The van der Waals surface area contributed by atoms with Gasteiger partial charge < -0.3 is 10.1 Å². The van der Waals surface area contributed by atoms with E-state index in [2.05, 4.69) is 24.1 Å². The zero-order valence-corrected chi connectivity index (χ0v) is 17.6. The number of ether oxygens (including phenoxy) is 1. The van der Waals surface area contributed by atoms with Crippen LogP contribution >= 0.6 is 24.0 Å². The largest absolute Gasteiger partial charge is 0.494 e. The van der Waals surface area contributed by atoms with Gasteiger partial charge in [0.05, 0.1) is 12.6 Å². The van der Waals surface area contributed by atoms with E-state index in [4.69, 9.17) is 16.3 Å². The van der Waals surface area contributed by atoms with Crippen molar-refractivity contribution in [2.75, 3.05) is 26.2 Å². The molecule has 0 aliphatic carbocycles. The van der Waals surface area contributed by atoms with Crippen molar-refractivity contribution in [1.29, 1.82) is 0 Å². The molecule has 4 nitrogen and oxygen atoms in total. The zero-order chi connectivity index (χ0) is 18.9. The van der Waals surface area contributed by atoms with Gasteiger partial charge in [0.25, 0.3) is 5.91 Å². The summed E-state index contributed by atoms with van der Waals surface area (Å²) in [6, 6.07) is 15.1. The normalized spacial score (nSPS) is 11.6. The van der Waals surface area contributed by atoms with Gasteiger partial charge in [-0.3, -0.25) is 9.69 Å². The highest BCUT2D eigenvalue weighted by molar-refractivity contribution is 6.31. The van der Waals surface area contributed by atoms with Gasteiger partial charge >= 0.3 is 0 Å². The third-order valence-corrected chi connectivity index (χ3v) is 4.72. The smallest absolute Gasteiger partial charge is 0.251 e. The van der Waals surface area contributed by atoms with Crippen molar-refractivity contribution in [2.24, 2.45) is 0 Å². The van der Waals surface area contributed by atoms with E-state index in [0.29, 0.717) is 24.5 Å². The van der Waals surface area contributed by atoms with E-state index in [0.717, 1.165) is 23.7 Å². The van der Waals surface area contributed by atoms with E-state index in [9.17, 15) is 4.79 Å². The van der Waals surface area contributed by atoms with Crippen molar-refractivity contribution in [3.05, 3.63) is 64.7 Å². The third-order valence-electron chi connectivity index (χ3n) is 4.38. The zero-order valence-electron chi connectivity index (χ0n) is 16.1. The summed E-state index contributed by atoms with van der Waals surface area (Å²) in [5.41, 5.74) is 1.62. The number of carbonyl (C=O) groups excluding carboxylic acids is 1. The Morgan fingerprint density at radius 2 is 1.81 bits per heavy atom. The minimum atomic E-state index is -0.115. The molecular formula is C21H28Cl2N2O2. The van der Waals surface area contributed by atoms with E-state index < -0.39 is 0 Å². The number of nitrogens with zero attached hydrogens (tertiary/aromatic N) is 1. The second-order valence-corrected chi connectivity index (χ2v) is 6.34. The molecule has 2 rings (SSSR count). The van der Waals surface area contributed by atoms with Crippen LogP contribution in [0.5, 0.6) is 5.75 Å². The molecule has 0 saturated heterocycles. The lowest BCUT2D eigenvalue weighted by Gasteiger charge is -2.31. The molecule has 1 N–H and O–H groups in total. The fraction of sp³-hybridized carbons (Fsp3) is 0.381. The molecule has 0 saturated carbocycles.